The molecule has 0 fully saturated rings. The Hall–Kier alpha value is -2.76. The zero-order chi connectivity index (χ0) is 16.1. The summed E-state index contributed by atoms with van der Waals surface area (Å²) < 4.78 is 3.96. The molecule has 0 aliphatic rings. The van der Waals surface area contributed by atoms with Gasteiger partial charge in [-0.1, -0.05) is 18.2 Å². The molecule has 0 bridgehead atoms. The van der Waals surface area contributed by atoms with E-state index in [2.05, 4.69) is 44.7 Å². The zero-order valence-corrected chi connectivity index (χ0v) is 13.2. The third kappa shape index (κ3) is 3.71. The van der Waals surface area contributed by atoms with Gasteiger partial charge >= 0.3 is 6.03 Å². The predicted octanol–water partition coefficient (Wildman–Crippen LogP) is 2.26. The molecule has 1 aromatic carbocycles. The second-order valence-electron chi connectivity index (χ2n) is 5.48. The fraction of sp³-hybridized carbons (Fsp3) is 0.294. The number of urea groups is 1. The SMILES string of the molecule is Cn1nccc1CNC(=O)NCCCn1ccc2ccccc21. The van der Waals surface area contributed by atoms with Crippen LogP contribution in [0.4, 0.5) is 4.79 Å². The summed E-state index contributed by atoms with van der Waals surface area (Å²) in [7, 11) is 1.86. The number of fused-ring (bicyclic) bond motifs is 1. The van der Waals surface area contributed by atoms with Gasteiger partial charge in [-0.2, -0.15) is 5.10 Å². The Morgan fingerprint density at radius 1 is 1.17 bits per heavy atom. The van der Waals surface area contributed by atoms with Gasteiger partial charge in [0.25, 0.3) is 0 Å². The van der Waals surface area contributed by atoms with Crippen molar-refractivity contribution in [3.63, 3.8) is 0 Å². The Morgan fingerprint density at radius 3 is 2.87 bits per heavy atom. The summed E-state index contributed by atoms with van der Waals surface area (Å²) >= 11 is 0. The molecule has 0 saturated heterocycles. The number of carbonyl (C=O) groups excluding carboxylic acids is 1. The van der Waals surface area contributed by atoms with E-state index in [1.165, 1.54) is 10.9 Å². The molecule has 23 heavy (non-hydrogen) atoms. The van der Waals surface area contributed by atoms with Crippen LogP contribution in [0.3, 0.4) is 0 Å². The molecule has 0 radical (unpaired) electrons. The van der Waals surface area contributed by atoms with Crippen molar-refractivity contribution < 1.29 is 4.79 Å². The molecule has 2 N–H and O–H groups in total. The molecule has 120 valence electrons. The number of benzene rings is 1. The van der Waals surface area contributed by atoms with Crippen molar-refractivity contribution in [2.24, 2.45) is 7.05 Å². The molecule has 2 aromatic heterocycles. The van der Waals surface area contributed by atoms with Crippen LogP contribution >= 0.6 is 0 Å². The van der Waals surface area contributed by atoms with E-state index in [4.69, 9.17) is 0 Å². The molecule has 0 atom stereocenters. The standard InChI is InChI=1S/C17H21N5O/c1-21-15(7-10-20-21)13-19-17(23)18-9-4-11-22-12-8-14-5-2-3-6-16(14)22/h2-3,5-8,10,12H,4,9,11,13H2,1H3,(H2,18,19,23). The smallest absolute Gasteiger partial charge is 0.315 e. The largest absolute Gasteiger partial charge is 0.347 e. The van der Waals surface area contributed by atoms with Crippen LogP contribution in [-0.4, -0.2) is 26.9 Å². The van der Waals surface area contributed by atoms with E-state index in [-0.39, 0.29) is 6.03 Å². The lowest BCUT2D eigenvalue weighted by atomic mass is 10.2. The molecule has 6 heteroatoms. The van der Waals surface area contributed by atoms with Crippen LogP contribution in [-0.2, 0) is 20.1 Å². The first-order valence-corrected chi connectivity index (χ1v) is 7.76. The maximum absolute atomic E-state index is 11.8. The van der Waals surface area contributed by atoms with Crippen LogP contribution in [0.2, 0.25) is 0 Å². The highest BCUT2D eigenvalue weighted by Crippen LogP contribution is 2.15. The molecule has 0 saturated carbocycles. The van der Waals surface area contributed by atoms with Gasteiger partial charge in [0.1, 0.15) is 0 Å². The maximum atomic E-state index is 11.8. The third-order valence-electron chi connectivity index (χ3n) is 3.89. The van der Waals surface area contributed by atoms with Crippen LogP contribution in [0.15, 0.2) is 48.8 Å². The number of hydrogen-bond acceptors (Lipinski definition) is 2. The van der Waals surface area contributed by atoms with Crippen LogP contribution in [0.5, 0.6) is 0 Å². The minimum absolute atomic E-state index is 0.149. The van der Waals surface area contributed by atoms with Crippen molar-refractivity contribution in [2.45, 2.75) is 19.5 Å². The van der Waals surface area contributed by atoms with E-state index in [0.29, 0.717) is 13.1 Å². The first-order chi connectivity index (χ1) is 11.2. The Kier molecular flexibility index (Phi) is 4.61. The van der Waals surface area contributed by atoms with Crippen LogP contribution in [0.1, 0.15) is 12.1 Å². The van der Waals surface area contributed by atoms with Gasteiger partial charge in [-0.3, -0.25) is 4.68 Å². The lowest BCUT2D eigenvalue weighted by Gasteiger charge is -2.09. The van der Waals surface area contributed by atoms with Crippen LogP contribution in [0.25, 0.3) is 10.9 Å². The monoisotopic (exact) mass is 311 g/mol. The molecule has 3 aromatic rings. The fourth-order valence-corrected chi connectivity index (χ4v) is 2.59. The van der Waals surface area contributed by atoms with Crippen LogP contribution < -0.4 is 10.6 Å². The van der Waals surface area contributed by atoms with Gasteiger partial charge in [0.15, 0.2) is 0 Å². The Morgan fingerprint density at radius 2 is 2.04 bits per heavy atom. The second kappa shape index (κ2) is 7.00. The first kappa shape index (κ1) is 15.1. The minimum Gasteiger partial charge on any atom is -0.347 e. The number of aryl methyl sites for hydroxylation is 2. The van der Waals surface area contributed by atoms with Crippen molar-refractivity contribution in [1.82, 2.24) is 25.0 Å². The van der Waals surface area contributed by atoms with Crippen molar-refractivity contribution >= 4 is 16.9 Å². The highest BCUT2D eigenvalue weighted by atomic mass is 16.2. The van der Waals surface area contributed by atoms with E-state index in [9.17, 15) is 4.79 Å². The summed E-state index contributed by atoms with van der Waals surface area (Å²) in [4.78, 5) is 11.8. The van der Waals surface area contributed by atoms with Gasteiger partial charge in [0, 0.05) is 38.0 Å². The molecule has 0 unspecified atom stereocenters. The molecular weight excluding hydrogens is 290 g/mol. The predicted molar refractivity (Wildman–Crippen MR) is 90.0 cm³/mol. The van der Waals surface area contributed by atoms with Gasteiger partial charge in [-0.05, 0) is 30.0 Å². The number of aromatic nitrogens is 3. The van der Waals surface area contributed by atoms with Crippen molar-refractivity contribution in [2.75, 3.05) is 6.54 Å². The second-order valence-corrected chi connectivity index (χ2v) is 5.48. The van der Waals surface area contributed by atoms with Gasteiger partial charge in [0.05, 0.1) is 12.2 Å². The fourth-order valence-electron chi connectivity index (χ4n) is 2.59. The van der Waals surface area contributed by atoms with Gasteiger partial charge in [-0.25, -0.2) is 4.79 Å². The number of amides is 2. The number of nitrogens with one attached hydrogen (secondary N) is 2. The number of para-hydroxylation sites is 1. The molecule has 0 aliphatic carbocycles. The molecule has 0 spiro atoms. The average Bonchev–Trinajstić information content (AvgIpc) is 3.16. The van der Waals surface area contributed by atoms with Gasteiger partial charge < -0.3 is 15.2 Å². The van der Waals surface area contributed by atoms with Crippen molar-refractivity contribution in [3.8, 4) is 0 Å². The summed E-state index contributed by atoms with van der Waals surface area (Å²) in [5.74, 6) is 0. The van der Waals surface area contributed by atoms with E-state index >= 15 is 0 Å². The third-order valence-corrected chi connectivity index (χ3v) is 3.89. The maximum Gasteiger partial charge on any atom is 0.315 e. The van der Waals surface area contributed by atoms with Crippen LogP contribution in [0, 0.1) is 0 Å². The quantitative estimate of drug-likeness (QED) is 0.686. The molecule has 6 nitrogen and oxygen atoms in total. The Labute approximate surface area is 135 Å². The van der Waals surface area contributed by atoms with Gasteiger partial charge in [0.2, 0.25) is 0 Å². The lowest BCUT2D eigenvalue weighted by molar-refractivity contribution is 0.240. The lowest BCUT2D eigenvalue weighted by Crippen LogP contribution is -2.36. The molecular formula is C17H21N5O. The summed E-state index contributed by atoms with van der Waals surface area (Å²) in [5, 5.41) is 11.0. The molecule has 2 amide bonds. The number of hydrogen-bond donors (Lipinski definition) is 2. The first-order valence-electron chi connectivity index (χ1n) is 7.76. The highest BCUT2D eigenvalue weighted by Gasteiger charge is 2.03. The zero-order valence-electron chi connectivity index (χ0n) is 13.2. The molecule has 0 aliphatic heterocycles. The summed E-state index contributed by atoms with van der Waals surface area (Å²) in [6.07, 6.45) is 4.70. The molecule has 2 heterocycles. The normalized spacial score (nSPS) is 10.8. The Balaban J connectivity index is 1.39. The van der Waals surface area contributed by atoms with E-state index in [1.807, 2.05) is 25.2 Å². The number of rotatable bonds is 6. The number of carbonyl (C=O) groups is 1. The summed E-state index contributed by atoms with van der Waals surface area (Å²) in [5.41, 5.74) is 2.20. The summed E-state index contributed by atoms with van der Waals surface area (Å²) in [6.45, 7) is 2.00. The van der Waals surface area contributed by atoms with E-state index in [1.54, 1.807) is 10.9 Å². The van der Waals surface area contributed by atoms with Crippen molar-refractivity contribution in [3.05, 3.63) is 54.5 Å². The highest BCUT2D eigenvalue weighted by molar-refractivity contribution is 5.79. The average molecular weight is 311 g/mol. The van der Waals surface area contributed by atoms with E-state index < -0.39 is 0 Å². The van der Waals surface area contributed by atoms with E-state index in [0.717, 1.165) is 18.7 Å². The Bertz CT molecular complexity index is 789. The minimum atomic E-state index is -0.149. The topological polar surface area (TPSA) is 63.9 Å². The van der Waals surface area contributed by atoms with Gasteiger partial charge in [-0.15, -0.1) is 0 Å². The molecule has 3 rings (SSSR count). The van der Waals surface area contributed by atoms with Crippen molar-refractivity contribution in [1.29, 1.82) is 0 Å². The number of nitrogens with zero attached hydrogens (tertiary/aromatic N) is 3. The summed E-state index contributed by atoms with van der Waals surface area (Å²) in [6, 6.07) is 12.2.